The van der Waals surface area contributed by atoms with Crippen LogP contribution in [0, 0.1) is 5.92 Å². The van der Waals surface area contributed by atoms with Gasteiger partial charge in [-0.2, -0.15) is 22.0 Å². The zero-order chi connectivity index (χ0) is 13.1. The lowest BCUT2D eigenvalue weighted by Crippen LogP contribution is -2.41. The Kier molecular flexibility index (Phi) is 4.68. The van der Waals surface area contributed by atoms with Crippen molar-refractivity contribution in [2.24, 2.45) is 5.92 Å². The molecule has 0 saturated carbocycles. The first-order chi connectivity index (χ1) is 7.74. The Hall–Kier alpha value is -0.470. The van der Waals surface area contributed by atoms with Gasteiger partial charge in [-0.3, -0.25) is 0 Å². The van der Waals surface area contributed by atoms with E-state index < -0.39 is 31.4 Å². The molecule has 1 rings (SSSR count). The van der Waals surface area contributed by atoms with Gasteiger partial charge in [0.05, 0.1) is 19.3 Å². The van der Waals surface area contributed by atoms with Crippen LogP contribution in [0.5, 0.6) is 0 Å². The summed E-state index contributed by atoms with van der Waals surface area (Å²) >= 11 is 0. The molecular formula is C9H13F5O3. The van der Waals surface area contributed by atoms with Crippen LogP contribution < -0.4 is 0 Å². The summed E-state index contributed by atoms with van der Waals surface area (Å²) in [6.45, 7) is -1.62. The minimum Gasteiger partial charge on any atom is -0.390 e. The van der Waals surface area contributed by atoms with E-state index in [0.29, 0.717) is 13.0 Å². The second-order valence-electron chi connectivity index (χ2n) is 3.91. The Balaban J connectivity index is 2.27. The van der Waals surface area contributed by atoms with E-state index in [1.165, 1.54) is 0 Å². The molecule has 1 aliphatic heterocycles. The second kappa shape index (κ2) is 5.45. The second-order valence-corrected chi connectivity index (χ2v) is 3.91. The highest BCUT2D eigenvalue weighted by Gasteiger charge is 2.57. The largest absolute Gasteiger partial charge is 0.455 e. The molecule has 17 heavy (non-hydrogen) atoms. The molecule has 0 amide bonds. The molecule has 0 radical (unpaired) electrons. The van der Waals surface area contributed by atoms with Gasteiger partial charge in [-0.15, -0.1) is 0 Å². The number of hydrogen-bond donors (Lipinski definition) is 1. The summed E-state index contributed by atoms with van der Waals surface area (Å²) in [5.74, 6) is -5.16. The average molecular weight is 264 g/mol. The van der Waals surface area contributed by atoms with Gasteiger partial charge in [-0.25, -0.2) is 0 Å². The third-order valence-electron chi connectivity index (χ3n) is 2.50. The predicted octanol–water partition coefficient (Wildman–Crippen LogP) is 1.60. The van der Waals surface area contributed by atoms with E-state index in [1.54, 1.807) is 0 Å². The monoisotopic (exact) mass is 264 g/mol. The van der Waals surface area contributed by atoms with E-state index in [1.807, 2.05) is 0 Å². The molecule has 0 spiro atoms. The molecule has 1 aliphatic rings. The van der Waals surface area contributed by atoms with Gasteiger partial charge >= 0.3 is 12.1 Å². The molecule has 0 aromatic rings. The van der Waals surface area contributed by atoms with Crippen molar-refractivity contribution in [3.63, 3.8) is 0 Å². The van der Waals surface area contributed by atoms with E-state index >= 15 is 0 Å². The molecule has 102 valence electrons. The highest BCUT2D eigenvalue weighted by molar-refractivity contribution is 4.76. The SMILES string of the molecule is OC(COCC(F)(F)C(F)(F)F)C1CCOC1. The van der Waals surface area contributed by atoms with E-state index in [0.717, 1.165) is 0 Å². The molecule has 1 heterocycles. The highest BCUT2D eigenvalue weighted by atomic mass is 19.4. The molecule has 1 N–H and O–H groups in total. The Morgan fingerprint density at radius 2 is 1.94 bits per heavy atom. The maximum absolute atomic E-state index is 12.4. The number of halogens is 5. The van der Waals surface area contributed by atoms with Crippen LogP contribution in [-0.2, 0) is 9.47 Å². The molecule has 2 unspecified atom stereocenters. The number of rotatable bonds is 5. The normalized spacial score (nSPS) is 24.0. The van der Waals surface area contributed by atoms with Crippen LogP contribution in [0.1, 0.15) is 6.42 Å². The number of alkyl halides is 5. The molecule has 3 nitrogen and oxygen atoms in total. The van der Waals surface area contributed by atoms with Crippen molar-refractivity contribution >= 4 is 0 Å². The smallest absolute Gasteiger partial charge is 0.390 e. The quantitative estimate of drug-likeness (QED) is 0.766. The summed E-state index contributed by atoms with van der Waals surface area (Å²) in [6.07, 6.45) is -6.17. The van der Waals surface area contributed by atoms with Gasteiger partial charge in [0.15, 0.2) is 0 Å². The summed E-state index contributed by atoms with van der Waals surface area (Å²) in [6, 6.07) is 0. The molecule has 2 atom stereocenters. The first kappa shape index (κ1) is 14.6. The van der Waals surface area contributed by atoms with Gasteiger partial charge in [0, 0.05) is 12.5 Å². The van der Waals surface area contributed by atoms with Crippen LogP contribution in [0.25, 0.3) is 0 Å². The standard InChI is InChI=1S/C9H13F5O3/c10-8(11,9(12,13)14)5-17-4-7(15)6-1-2-16-3-6/h6-7,15H,1-5H2. The van der Waals surface area contributed by atoms with Crippen LogP contribution >= 0.6 is 0 Å². The van der Waals surface area contributed by atoms with Crippen LogP contribution in [0.2, 0.25) is 0 Å². The Morgan fingerprint density at radius 1 is 1.29 bits per heavy atom. The molecule has 1 saturated heterocycles. The minimum atomic E-state index is -5.63. The van der Waals surface area contributed by atoms with Gasteiger partial charge in [-0.1, -0.05) is 0 Å². The lowest BCUT2D eigenvalue weighted by Gasteiger charge is -2.21. The maximum Gasteiger partial charge on any atom is 0.455 e. The summed E-state index contributed by atoms with van der Waals surface area (Å²) in [5.41, 5.74) is 0. The zero-order valence-electron chi connectivity index (χ0n) is 8.84. The fourth-order valence-electron chi connectivity index (χ4n) is 1.38. The fraction of sp³-hybridized carbons (Fsp3) is 1.00. The lowest BCUT2D eigenvalue weighted by molar-refractivity contribution is -0.298. The number of ether oxygens (including phenoxy) is 2. The molecule has 0 aliphatic carbocycles. The van der Waals surface area contributed by atoms with Gasteiger partial charge in [-0.05, 0) is 6.42 Å². The van der Waals surface area contributed by atoms with E-state index in [9.17, 15) is 27.1 Å². The van der Waals surface area contributed by atoms with E-state index in [-0.39, 0.29) is 12.5 Å². The van der Waals surface area contributed by atoms with Crippen LogP contribution in [0.15, 0.2) is 0 Å². The highest BCUT2D eigenvalue weighted by Crippen LogP contribution is 2.35. The van der Waals surface area contributed by atoms with Crippen LogP contribution in [0.4, 0.5) is 22.0 Å². The summed E-state index contributed by atoms with van der Waals surface area (Å²) in [5, 5.41) is 9.42. The van der Waals surface area contributed by atoms with Crippen molar-refractivity contribution < 1.29 is 36.5 Å². The van der Waals surface area contributed by atoms with Crippen molar-refractivity contribution in [2.45, 2.75) is 24.6 Å². The molecule has 1 fully saturated rings. The summed E-state index contributed by atoms with van der Waals surface area (Å²) in [4.78, 5) is 0. The van der Waals surface area contributed by atoms with Crippen molar-refractivity contribution in [1.82, 2.24) is 0 Å². The molecule has 0 aromatic carbocycles. The minimum absolute atomic E-state index is 0.264. The summed E-state index contributed by atoms with van der Waals surface area (Å²) < 4.78 is 69.2. The van der Waals surface area contributed by atoms with E-state index in [4.69, 9.17) is 4.74 Å². The third kappa shape index (κ3) is 4.04. The maximum atomic E-state index is 12.4. The van der Waals surface area contributed by atoms with E-state index in [2.05, 4.69) is 4.74 Å². The third-order valence-corrected chi connectivity index (χ3v) is 2.50. The van der Waals surface area contributed by atoms with Crippen molar-refractivity contribution in [3.05, 3.63) is 0 Å². The molecule has 0 bridgehead atoms. The van der Waals surface area contributed by atoms with Gasteiger partial charge in [0.2, 0.25) is 0 Å². The van der Waals surface area contributed by atoms with Gasteiger partial charge < -0.3 is 14.6 Å². The van der Waals surface area contributed by atoms with Gasteiger partial charge in [0.1, 0.15) is 6.61 Å². The zero-order valence-corrected chi connectivity index (χ0v) is 8.84. The number of aliphatic hydroxyl groups excluding tert-OH is 1. The Morgan fingerprint density at radius 3 is 2.41 bits per heavy atom. The Bertz CT molecular complexity index is 237. The number of hydrogen-bond acceptors (Lipinski definition) is 3. The first-order valence-corrected chi connectivity index (χ1v) is 5.02. The average Bonchev–Trinajstić information content (AvgIpc) is 2.67. The topological polar surface area (TPSA) is 38.7 Å². The van der Waals surface area contributed by atoms with Crippen molar-refractivity contribution in [3.8, 4) is 0 Å². The van der Waals surface area contributed by atoms with Gasteiger partial charge in [0.25, 0.3) is 0 Å². The fourth-order valence-corrected chi connectivity index (χ4v) is 1.38. The lowest BCUT2D eigenvalue weighted by atomic mass is 10.0. The predicted molar refractivity (Wildman–Crippen MR) is 46.8 cm³/mol. The Labute approximate surface area is 94.5 Å². The van der Waals surface area contributed by atoms with Crippen molar-refractivity contribution in [2.75, 3.05) is 26.4 Å². The first-order valence-electron chi connectivity index (χ1n) is 5.02. The van der Waals surface area contributed by atoms with Crippen LogP contribution in [0.3, 0.4) is 0 Å². The number of aliphatic hydroxyl groups is 1. The molecule has 8 heteroatoms. The van der Waals surface area contributed by atoms with Crippen molar-refractivity contribution in [1.29, 1.82) is 0 Å². The summed E-state index contributed by atoms with van der Waals surface area (Å²) in [7, 11) is 0. The van der Waals surface area contributed by atoms with Crippen LogP contribution in [-0.4, -0.2) is 49.7 Å². The molecule has 0 aromatic heterocycles. The molecular weight excluding hydrogens is 251 g/mol.